The molecule has 2 amide bonds. The molecule has 0 radical (unpaired) electrons. The molecule has 0 bridgehead atoms. The van der Waals surface area contributed by atoms with Gasteiger partial charge in [-0.3, -0.25) is 0 Å². The number of nitrogens with one attached hydrogen (secondary N) is 2. The first kappa shape index (κ1) is 17.8. The van der Waals surface area contributed by atoms with E-state index in [1.165, 1.54) is 13.2 Å². The Bertz CT molecular complexity index is 718. The third-order valence-electron chi connectivity index (χ3n) is 4.03. The van der Waals surface area contributed by atoms with Crippen molar-refractivity contribution in [3.8, 4) is 5.75 Å². The monoisotopic (exact) mass is 330 g/mol. The van der Waals surface area contributed by atoms with Crippen LogP contribution in [-0.2, 0) is 0 Å². The van der Waals surface area contributed by atoms with Crippen molar-refractivity contribution in [2.45, 2.75) is 32.9 Å². The van der Waals surface area contributed by atoms with Crippen LogP contribution in [-0.4, -0.2) is 13.1 Å². The van der Waals surface area contributed by atoms with Crippen LogP contribution in [0.25, 0.3) is 0 Å². The fraction of sp³-hybridized carbons (Fsp3) is 0.316. The normalized spacial score (nSPS) is 13.0. The molecule has 0 spiro atoms. The van der Waals surface area contributed by atoms with Gasteiger partial charge in [0.2, 0.25) is 0 Å². The summed E-state index contributed by atoms with van der Waals surface area (Å²) in [7, 11) is 1.42. The van der Waals surface area contributed by atoms with E-state index in [9.17, 15) is 9.18 Å². The maximum absolute atomic E-state index is 13.8. The average molecular weight is 330 g/mol. The minimum absolute atomic E-state index is 0.119. The molecule has 0 heterocycles. The first-order valence-electron chi connectivity index (χ1n) is 7.88. The highest BCUT2D eigenvalue weighted by Gasteiger charge is 2.15. The standard InChI is InChI=1S/C19H23FN2O2/c1-12-7-5-6-8-16(12)14(3)22-19(23)21-13(2)15-9-10-18(24-4)17(20)11-15/h5-11,13-14H,1-4H3,(H2,21,22,23)/t13-,14-/m0/s1. The van der Waals surface area contributed by atoms with E-state index >= 15 is 0 Å². The number of aryl methyl sites for hydroxylation is 1. The Balaban J connectivity index is 1.99. The molecule has 2 N–H and O–H groups in total. The molecular weight excluding hydrogens is 307 g/mol. The zero-order valence-corrected chi connectivity index (χ0v) is 14.4. The number of carbonyl (C=O) groups excluding carboxylic acids is 1. The Morgan fingerprint density at radius 3 is 2.38 bits per heavy atom. The van der Waals surface area contributed by atoms with Gasteiger partial charge in [-0.2, -0.15) is 0 Å². The van der Waals surface area contributed by atoms with Crippen LogP contribution >= 0.6 is 0 Å². The lowest BCUT2D eigenvalue weighted by atomic mass is 10.0. The molecule has 0 aliphatic carbocycles. The van der Waals surface area contributed by atoms with Crippen LogP contribution < -0.4 is 15.4 Å². The number of methoxy groups -OCH3 is 1. The van der Waals surface area contributed by atoms with E-state index < -0.39 is 5.82 Å². The molecule has 4 nitrogen and oxygen atoms in total. The third kappa shape index (κ3) is 4.25. The lowest BCUT2D eigenvalue weighted by molar-refractivity contribution is 0.235. The first-order valence-corrected chi connectivity index (χ1v) is 7.88. The molecule has 128 valence electrons. The van der Waals surface area contributed by atoms with E-state index in [-0.39, 0.29) is 23.9 Å². The van der Waals surface area contributed by atoms with Gasteiger partial charge in [-0.1, -0.05) is 30.3 Å². The summed E-state index contributed by atoms with van der Waals surface area (Å²) >= 11 is 0. The van der Waals surface area contributed by atoms with Crippen molar-refractivity contribution in [3.05, 3.63) is 65.0 Å². The van der Waals surface area contributed by atoms with Gasteiger partial charge in [-0.05, 0) is 49.6 Å². The van der Waals surface area contributed by atoms with Crippen molar-refractivity contribution in [2.24, 2.45) is 0 Å². The second-order valence-corrected chi connectivity index (χ2v) is 5.81. The van der Waals surface area contributed by atoms with E-state index in [1.54, 1.807) is 19.1 Å². The van der Waals surface area contributed by atoms with Crippen LogP contribution in [0.3, 0.4) is 0 Å². The smallest absolute Gasteiger partial charge is 0.315 e. The molecule has 5 heteroatoms. The van der Waals surface area contributed by atoms with Crippen molar-refractivity contribution in [1.29, 1.82) is 0 Å². The number of amides is 2. The highest BCUT2D eigenvalue weighted by molar-refractivity contribution is 5.75. The summed E-state index contributed by atoms with van der Waals surface area (Å²) in [5.74, 6) is -0.263. The molecule has 0 unspecified atom stereocenters. The Morgan fingerprint density at radius 1 is 1.08 bits per heavy atom. The highest BCUT2D eigenvalue weighted by Crippen LogP contribution is 2.22. The van der Waals surface area contributed by atoms with Crippen molar-refractivity contribution >= 4 is 6.03 Å². The predicted molar refractivity (Wildman–Crippen MR) is 92.6 cm³/mol. The number of rotatable bonds is 5. The van der Waals surface area contributed by atoms with Gasteiger partial charge < -0.3 is 15.4 Å². The van der Waals surface area contributed by atoms with E-state index in [1.807, 2.05) is 38.1 Å². The molecule has 0 fully saturated rings. The second kappa shape index (κ2) is 7.81. The van der Waals surface area contributed by atoms with Gasteiger partial charge in [-0.15, -0.1) is 0 Å². The number of ether oxygens (including phenoxy) is 1. The minimum atomic E-state index is -0.447. The maximum atomic E-state index is 13.8. The van der Waals surface area contributed by atoms with Crippen LogP contribution in [0.1, 0.15) is 42.6 Å². The van der Waals surface area contributed by atoms with Crippen LogP contribution in [0.4, 0.5) is 9.18 Å². The van der Waals surface area contributed by atoms with Crippen LogP contribution in [0.2, 0.25) is 0 Å². The van der Waals surface area contributed by atoms with E-state index in [0.29, 0.717) is 5.56 Å². The van der Waals surface area contributed by atoms with Gasteiger partial charge in [0, 0.05) is 0 Å². The van der Waals surface area contributed by atoms with Crippen molar-refractivity contribution < 1.29 is 13.9 Å². The second-order valence-electron chi connectivity index (χ2n) is 5.81. The molecule has 0 aliphatic heterocycles. The number of hydrogen-bond donors (Lipinski definition) is 2. The van der Waals surface area contributed by atoms with Gasteiger partial charge in [0.05, 0.1) is 19.2 Å². The van der Waals surface area contributed by atoms with Gasteiger partial charge >= 0.3 is 6.03 Å². The first-order chi connectivity index (χ1) is 11.4. The summed E-state index contributed by atoms with van der Waals surface area (Å²) in [6, 6.07) is 11.8. The zero-order chi connectivity index (χ0) is 17.7. The van der Waals surface area contributed by atoms with E-state index in [0.717, 1.165) is 11.1 Å². The summed E-state index contributed by atoms with van der Waals surface area (Å²) in [5.41, 5.74) is 2.86. The Hall–Kier alpha value is -2.56. The van der Waals surface area contributed by atoms with Crippen LogP contribution in [0.5, 0.6) is 5.75 Å². The van der Waals surface area contributed by atoms with Crippen LogP contribution in [0.15, 0.2) is 42.5 Å². The third-order valence-corrected chi connectivity index (χ3v) is 4.03. The van der Waals surface area contributed by atoms with Gasteiger partial charge in [0.1, 0.15) is 0 Å². The average Bonchev–Trinajstić information content (AvgIpc) is 2.54. The van der Waals surface area contributed by atoms with Gasteiger partial charge in [0.25, 0.3) is 0 Å². The molecule has 0 aliphatic rings. The molecule has 2 aromatic carbocycles. The molecule has 2 atom stereocenters. The Morgan fingerprint density at radius 2 is 1.75 bits per heavy atom. The van der Waals surface area contributed by atoms with E-state index in [4.69, 9.17) is 4.74 Å². The zero-order valence-electron chi connectivity index (χ0n) is 14.4. The topological polar surface area (TPSA) is 50.4 Å². The number of carbonyl (C=O) groups is 1. The van der Waals surface area contributed by atoms with Crippen LogP contribution in [0, 0.1) is 12.7 Å². The SMILES string of the molecule is COc1ccc([C@H](C)NC(=O)N[C@@H](C)c2ccccc2C)cc1F. The molecule has 0 saturated carbocycles. The number of hydrogen-bond acceptors (Lipinski definition) is 2. The molecule has 2 aromatic rings. The summed E-state index contributed by atoms with van der Waals surface area (Å²) in [6.45, 7) is 5.74. The van der Waals surface area contributed by atoms with E-state index in [2.05, 4.69) is 10.6 Å². The molecule has 0 aromatic heterocycles. The molecule has 0 saturated heterocycles. The summed E-state index contributed by atoms with van der Waals surface area (Å²) in [4.78, 5) is 12.2. The van der Waals surface area contributed by atoms with Gasteiger partial charge in [-0.25, -0.2) is 9.18 Å². The fourth-order valence-electron chi connectivity index (χ4n) is 2.62. The molecule has 24 heavy (non-hydrogen) atoms. The van der Waals surface area contributed by atoms with Crippen molar-refractivity contribution in [3.63, 3.8) is 0 Å². The maximum Gasteiger partial charge on any atom is 0.315 e. The fourth-order valence-corrected chi connectivity index (χ4v) is 2.62. The Labute approximate surface area is 142 Å². The van der Waals surface area contributed by atoms with Crippen molar-refractivity contribution in [2.75, 3.05) is 7.11 Å². The number of benzene rings is 2. The molecule has 2 rings (SSSR count). The summed E-state index contributed by atoms with van der Waals surface area (Å²) in [6.07, 6.45) is 0. The summed E-state index contributed by atoms with van der Waals surface area (Å²) in [5, 5.41) is 5.73. The highest BCUT2D eigenvalue weighted by atomic mass is 19.1. The lowest BCUT2D eigenvalue weighted by Gasteiger charge is -2.20. The number of urea groups is 1. The largest absolute Gasteiger partial charge is 0.494 e. The minimum Gasteiger partial charge on any atom is -0.494 e. The molecular formula is C19H23FN2O2. The van der Waals surface area contributed by atoms with Gasteiger partial charge in [0.15, 0.2) is 11.6 Å². The van der Waals surface area contributed by atoms with Crippen molar-refractivity contribution in [1.82, 2.24) is 10.6 Å². The Kier molecular flexibility index (Phi) is 5.79. The lowest BCUT2D eigenvalue weighted by Crippen LogP contribution is -2.38. The quantitative estimate of drug-likeness (QED) is 0.860. The number of halogens is 1. The summed E-state index contributed by atoms with van der Waals surface area (Å²) < 4.78 is 18.7. The predicted octanol–water partition coefficient (Wildman–Crippen LogP) is 4.26.